The maximum absolute atomic E-state index is 11.4. The Kier molecular flexibility index (Phi) is 8.80. The van der Waals surface area contributed by atoms with Gasteiger partial charge in [-0.25, -0.2) is 14.2 Å². The Morgan fingerprint density at radius 3 is 1.52 bits per heavy atom. The second-order valence-electron chi connectivity index (χ2n) is 4.16. The molecule has 8 nitrogen and oxygen atoms in total. The first kappa shape index (κ1) is 19.5. The first-order valence-corrected chi connectivity index (χ1v) is 7.59. The van der Waals surface area contributed by atoms with Crippen LogP contribution in [-0.2, 0) is 23.2 Å². The van der Waals surface area contributed by atoms with E-state index in [0.29, 0.717) is 0 Å². The fraction of sp³-hybridized carbons (Fsp3) is 0.500. The van der Waals surface area contributed by atoms with Crippen molar-refractivity contribution in [3.63, 3.8) is 0 Å². The predicted octanol–water partition coefficient (Wildman–Crippen LogP) is 1.96. The van der Waals surface area contributed by atoms with Gasteiger partial charge in [-0.1, -0.05) is 13.2 Å². The van der Waals surface area contributed by atoms with Gasteiger partial charge in [0.25, 0.3) is 0 Å². The first-order valence-electron chi connectivity index (χ1n) is 6.09. The zero-order chi connectivity index (χ0) is 16.5. The van der Waals surface area contributed by atoms with Crippen LogP contribution in [0.25, 0.3) is 0 Å². The van der Waals surface area contributed by atoms with Gasteiger partial charge < -0.3 is 15.1 Å². The molecule has 0 atom stereocenters. The van der Waals surface area contributed by atoms with E-state index in [0.717, 1.165) is 0 Å². The SMILES string of the molecule is C=C(CCCOP(=O)(O)OCCCC(=C)C(=O)O)C(=O)O. The fourth-order valence-electron chi connectivity index (χ4n) is 1.18. The maximum Gasteiger partial charge on any atom is 0.472 e. The van der Waals surface area contributed by atoms with E-state index in [1.54, 1.807) is 0 Å². The van der Waals surface area contributed by atoms with Gasteiger partial charge >= 0.3 is 19.8 Å². The largest absolute Gasteiger partial charge is 0.478 e. The number of phosphoric ester groups is 1. The summed E-state index contributed by atoms with van der Waals surface area (Å²) in [5.74, 6) is -2.26. The Hall–Kier alpha value is -1.47. The van der Waals surface area contributed by atoms with Crippen molar-refractivity contribution in [3.8, 4) is 0 Å². The van der Waals surface area contributed by atoms with Gasteiger partial charge in [-0.2, -0.15) is 0 Å². The maximum atomic E-state index is 11.4. The Labute approximate surface area is 122 Å². The standard InChI is InChI=1S/C12H19O8P/c1-9(11(13)14)5-3-7-19-21(17,18)20-8-4-6-10(2)12(15)16/h1-8H2,(H,13,14)(H,15,16)(H,17,18). The van der Waals surface area contributed by atoms with Gasteiger partial charge in [-0.3, -0.25) is 9.05 Å². The molecule has 0 aromatic heterocycles. The number of aliphatic carboxylic acids is 2. The molecule has 9 heteroatoms. The van der Waals surface area contributed by atoms with Gasteiger partial charge in [0.1, 0.15) is 0 Å². The molecule has 0 aliphatic carbocycles. The molecule has 0 rings (SSSR count). The molecule has 0 heterocycles. The molecule has 0 aromatic rings. The lowest BCUT2D eigenvalue weighted by Crippen LogP contribution is -2.03. The summed E-state index contributed by atoms with van der Waals surface area (Å²) in [6.45, 7) is 6.31. The molecule has 0 spiro atoms. The van der Waals surface area contributed by atoms with Crippen LogP contribution in [0, 0.1) is 0 Å². The monoisotopic (exact) mass is 322 g/mol. The van der Waals surface area contributed by atoms with Crippen molar-refractivity contribution < 1.29 is 38.3 Å². The molecule has 3 N–H and O–H groups in total. The number of rotatable bonds is 12. The molecule has 21 heavy (non-hydrogen) atoms. The second kappa shape index (κ2) is 9.46. The fourth-order valence-corrected chi connectivity index (χ4v) is 1.98. The van der Waals surface area contributed by atoms with Crippen molar-refractivity contribution in [2.75, 3.05) is 13.2 Å². The summed E-state index contributed by atoms with van der Waals surface area (Å²) >= 11 is 0. The Balaban J connectivity index is 3.81. The molecule has 0 bridgehead atoms. The minimum absolute atomic E-state index is 0.0144. The van der Waals surface area contributed by atoms with Crippen molar-refractivity contribution in [3.05, 3.63) is 24.3 Å². The van der Waals surface area contributed by atoms with Gasteiger partial charge in [0.05, 0.1) is 13.2 Å². The second-order valence-corrected chi connectivity index (χ2v) is 5.61. The number of phosphoric acid groups is 1. The van der Waals surface area contributed by atoms with Crippen molar-refractivity contribution in [2.24, 2.45) is 0 Å². The van der Waals surface area contributed by atoms with Crippen molar-refractivity contribution >= 4 is 19.8 Å². The highest BCUT2D eigenvalue weighted by atomic mass is 31.2. The molecule has 0 saturated carbocycles. The van der Waals surface area contributed by atoms with Crippen LogP contribution in [0.1, 0.15) is 25.7 Å². The van der Waals surface area contributed by atoms with E-state index in [-0.39, 0.29) is 50.0 Å². The Bertz CT molecular complexity index is 418. The summed E-state index contributed by atoms with van der Waals surface area (Å²) in [5, 5.41) is 17.1. The van der Waals surface area contributed by atoms with Gasteiger partial charge in [-0.15, -0.1) is 0 Å². The van der Waals surface area contributed by atoms with Crippen molar-refractivity contribution in [1.29, 1.82) is 0 Å². The summed E-state index contributed by atoms with van der Waals surface area (Å²) in [6.07, 6.45) is 0.700. The van der Waals surface area contributed by atoms with Crippen molar-refractivity contribution in [2.45, 2.75) is 25.7 Å². The molecular weight excluding hydrogens is 303 g/mol. The minimum Gasteiger partial charge on any atom is -0.478 e. The normalized spacial score (nSPS) is 11.1. The van der Waals surface area contributed by atoms with E-state index in [9.17, 15) is 19.0 Å². The molecular formula is C12H19O8P. The number of hydrogen-bond acceptors (Lipinski definition) is 5. The van der Waals surface area contributed by atoms with Crippen molar-refractivity contribution in [1.82, 2.24) is 0 Å². The summed E-state index contributed by atoms with van der Waals surface area (Å²) < 4.78 is 20.7. The Morgan fingerprint density at radius 2 is 1.24 bits per heavy atom. The first-order chi connectivity index (χ1) is 9.65. The lowest BCUT2D eigenvalue weighted by Gasteiger charge is -2.12. The molecule has 0 saturated heterocycles. The number of hydrogen-bond donors (Lipinski definition) is 3. The van der Waals surface area contributed by atoms with E-state index in [1.165, 1.54) is 0 Å². The van der Waals surface area contributed by atoms with E-state index in [1.807, 2.05) is 0 Å². The zero-order valence-corrected chi connectivity index (χ0v) is 12.4. The van der Waals surface area contributed by atoms with Gasteiger partial charge in [0.2, 0.25) is 0 Å². The number of carboxylic acid groups (broad SMARTS) is 2. The lowest BCUT2D eigenvalue weighted by atomic mass is 10.2. The molecule has 0 aliphatic rings. The highest BCUT2D eigenvalue weighted by Gasteiger charge is 2.20. The van der Waals surface area contributed by atoms with Crippen LogP contribution in [0.2, 0.25) is 0 Å². The minimum atomic E-state index is -4.21. The third-order valence-corrected chi connectivity index (χ3v) is 3.38. The van der Waals surface area contributed by atoms with Gasteiger partial charge in [0, 0.05) is 11.1 Å². The summed E-state index contributed by atoms with van der Waals surface area (Å²) in [7, 11) is -4.21. The lowest BCUT2D eigenvalue weighted by molar-refractivity contribution is -0.133. The summed E-state index contributed by atoms with van der Waals surface area (Å²) in [6, 6.07) is 0. The third-order valence-electron chi connectivity index (χ3n) is 2.36. The highest BCUT2D eigenvalue weighted by molar-refractivity contribution is 7.47. The molecule has 0 aliphatic heterocycles. The third kappa shape index (κ3) is 9.97. The number of carboxylic acids is 2. The van der Waals surface area contributed by atoms with Crippen LogP contribution >= 0.6 is 7.82 Å². The smallest absolute Gasteiger partial charge is 0.472 e. The van der Waals surface area contributed by atoms with Crippen LogP contribution < -0.4 is 0 Å². The Morgan fingerprint density at radius 1 is 0.905 bits per heavy atom. The average molecular weight is 322 g/mol. The average Bonchev–Trinajstić information content (AvgIpc) is 2.38. The van der Waals surface area contributed by atoms with E-state index >= 15 is 0 Å². The van der Waals surface area contributed by atoms with Crippen LogP contribution in [0.3, 0.4) is 0 Å². The van der Waals surface area contributed by atoms with Gasteiger partial charge in [0.15, 0.2) is 0 Å². The highest BCUT2D eigenvalue weighted by Crippen LogP contribution is 2.43. The van der Waals surface area contributed by atoms with E-state index in [4.69, 9.17) is 10.2 Å². The van der Waals surface area contributed by atoms with Crippen LogP contribution in [0.5, 0.6) is 0 Å². The van der Waals surface area contributed by atoms with Crippen LogP contribution in [0.15, 0.2) is 24.3 Å². The molecule has 0 amide bonds. The molecule has 0 fully saturated rings. The van der Waals surface area contributed by atoms with E-state index < -0.39 is 19.8 Å². The van der Waals surface area contributed by atoms with E-state index in [2.05, 4.69) is 22.2 Å². The van der Waals surface area contributed by atoms with Crippen LogP contribution in [-0.4, -0.2) is 40.3 Å². The summed E-state index contributed by atoms with van der Waals surface area (Å²) in [4.78, 5) is 30.2. The van der Waals surface area contributed by atoms with Gasteiger partial charge in [-0.05, 0) is 25.7 Å². The zero-order valence-electron chi connectivity index (χ0n) is 11.5. The number of carbonyl (C=O) groups is 2. The molecule has 0 unspecified atom stereocenters. The summed E-state index contributed by atoms with van der Waals surface area (Å²) in [5.41, 5.74) is -0.0288. The molecule has 0 aromatic carbocycles. The van der Waals surface area contributed by atoms with Crippen LogP contribution in [0.4, 0.5) is 0 Å². The predicted molar refractivity (Wildman–Crippen MR) is 73.7 cm³/mol. The molecule has 0 radical (unpaired) electrons. The molecule has 120 valence electrons. The topological polar surface area (TPSA) is 130 Å². The quantitative estimate of drug-likeness (QED) is 0.282.